The quantitative estimate of drug-likeness (QED) is 0.901. The highest BCUT2D eigenvalue weighted by molar-refractivity contribution is 6.30. The van der Waals surface area contributed by atoms with Crippen LogP contribution in [0.5, 0.6) is 5.75 Å². The van der Waals surface area contributed by atoms with Crippen molar-refractivity contribution in [2.45, 2.75) is 13.0 Å². The number of hydrogen-bond acceptors (Lipinski definition) is 3. The maximum Gasteiger partial charge on any atom is 0.125 e. The van der Waals surface area contributed by atoms with Crippen LogP contribution in [0.4, 0.5) is 0 Å². The average molecular weight is 263 g/mol. The average Bonchev–Trinajstić information content (AvgIpc) is 2.40. The molecule has 3 nitrogen and oxygen atoms in total. The molecular formula is C14H15ClN2O. The van der Waals surface area contributed by atoms with E-state index >= 15 is 0 Å². The lowest BCUT2D eigenvalue weighted by molar-refractivity contribution is 0.318. The SMILES string of the molecule is NCc1ccc(Cl)cc1OCCc1ccncc1. The zero-order chi connectivity index (χ0) is 12.8. The van der Waals surface area contributed by atoms with E-state index in [2.05, 4.69) is 4.98 Å². The van der Waals surface area contributed by atoms with Crippen LogP contribution < -0.4 is 10.5 Å². The van der Waals surface area contributed by atoms with Crippen molar-refractivity contribution in [1.29, 1.82) is 0 Å². The summed E-state index contributed by atoms with van der Waals surface area (Å²) in [6.07, 6.45) is 4.39. The van der Waals surface area contributed by atoms with Crippen molar-refractivity contribution in [2.75, 3.05) is 6.61 Å². The molecule has 94 valence electrons. The van der Waals surface area contributed by atoms with E-state index in [1.807, 2.05) is 24.3 Å². The number of nitrogens with two attached hydrogens (primary N) is 1. The Hall–Kier alpha value is -1.58. The molecule has 0 fully saturated rings. The summed E-state index contributed by atoms with van der Waals surface area (Å²) in [6.45, 7) is 1.04. The Morgan fingerprint density at radius 1 is 1.17 bits per heavy atom. The van der Waals surface area contributed by atoms with Gasteiger partial charge >= 0.3 is 0 Å². The summed E-state index contributed by atoms with van der Waals surface area (Å²) in [4.78, 5) is 3.98. The molecule has 2 rings (SSSR count). The van der Waals surface area contributed by atoms with Gasteiger partial charge in [0.15, 0.2) is 0 Å². The van der Waals surface area contributed by atoms with Crippen molar-refractivity contribution in [3.63, 3.8) is 0 Å². The zero-order valence-corrected chi connectivity index (χ0v) is 10.7. The van der Waals surface area contributed by atoms with Gasteiger partial charge in [-0.15, -0.1) is 0 Å². The van der Waals surface area contributed by atoms with Crippen LogP contribution in [-0.2, 0) is 13.0 Å². The van der Waals surface area contributed by atoms with E-state index in [0.29, 0.717) is 18.2 Å². The first-order valence-corrected chi connectivity index (χ1v) is 6.17. The standard InChI is InChI=1S/C14H15ClN2O/c15-13-2-1-12(10-16)14(9-13)18-8-5-11-3-6-17-7-4-11/h1-4,6-7,9H,5,8,10,16H2. The third-order valence-electron chi connectivity index (χ3n) is 2.65. The van der Waals surface area contributed by atoms with Crippen molar-refractivity contribution in [2.24, 2.45) is 5.73 Å². The minimum atomic E-state index is 0.446. The molecule has 1 aromatic carbocycles. The second-order valence-corrected chi connectivity index (χ2v) is 4.35. The van der Waals surface area contributed by atoms with Crippen molar-refractivity contribution in [3.05, 3.63) is 58.9 Å². The summed E-state index contributed by atoms with van der Waals surface area (Å²) < 4.78 is 5.73. The number of halogens is 1. The zero-order valence-electron chi connectivity index (χ0n) is 9.97. The monoisotopic (exact) mass is 262 g/mol. The molecule has 0 radical (unpaired) electrons. The molecule has 0 saturated heterocycles. The van der Waals surface area contributed by atoms with Gasteiger partial charge in [-0.3, -0.25) is 4.98 Å². The predicted molar refractivity (Wildman–Crippen MR) is 72.8 cm³/mol. The summed E-state index contributed by atoms with van der Waals surface area (Å²) in [6, 6.07) is 9.47. The highest BCUT2D eigenvalue weighted by Crippen LogP contribution is 2.23. The van der Waals surface area contributed by atoms with Crippen LogP contribution in [0.2, 0.25) is 5.02 Å². The minimum absolute atomic E-state index is 0.446. The Kier molecular flexibility index (Phi) is 4.56. The topological polar surface area (TPSA) is 48.1 Å². The third kappa shape index (κ3) is 3.45. The maximum absolute atomic E-state index is 5.94. The molecular weight excluding hydrogens is 248 g/mol. The van der Waals surface area contributed by atoms with Gasteiger partial charge in [0.05, 0.1) is 6.61 Å². The first-order valence-electron chi connectivity index (χ1n) is 5.80. The van der Waals surface area contributed by atoms with Crippen LogP contribution in [0.1, 0.15) is 11.1 Å². The summed E-state index contributed by atoms with van der Waals surface area (Å²) in [5, 5.41) is 0.658. The molecule has 1 aromatic heterocycles. The molecule has 0 saturated carbocycles. The van der Waals surface area contributed by atoms with Gasteiger partial charge < -0.3 is 10.5 Å². The van der Waals surface area contributed by atoms with Gasteiger partial charge in [-0.2, -0.15) is 0 Å². The maximum atomic E-state index is 5.94. The molecule has 18 heavy (non-hydrogen) atoms. The molecule has 1 heterocycles. The molecule has 0 spiro atoms. The third-order valence-corrected chi connectivity index (χ3v) is 2.88. The molecule has 0 aliphatic heterocycles. The van der Waals surface area contributed by atoms with Gasteiger partial charge in [-0.1, -0.05) is 17.7 Å². The highest BCUT2D eigenvalue weighted by atomic mass is 35.5. The molecule has 0 amide bonds. The number of nitrogens with zero attached hydrogens (tertiary/aromatic N) is 1. The van der Waals surface area contributed by atoms with Gasteiger partial charge in [0.2, 0.25) is 0 Å². The normalized spacial score (nSPS) is 10.3. The van der Waals surface area contributed by atoms with Crippen molar-refractivity contribution >= 4 is 11.6 Å². The number of aromatic nitrogens is 1. The Balaban J connectivity index is 1.96. The fourth-order valence-corrected chi connectivity index (χ4v) is 1.82. The van der Waals surface area contributed by atoms with Crippen molar-refractivity contribution < 1.29 is 4.74 Å². The number of pyridine rings is 1. The minimum Gasteiger partial charge on any atom is -0.493 e. The smallest absolute Gasteiger partial charge is 0.125 e. The van der Waals surface area contributed by atoms with E-state index in [0.717, 1.165) is 17.7 Å². The highest BCUT2D eigenvalue weighted by Gasteiger charge is 2.03. The fourth-order valence-electron chi connectivity index (χ4n) is 1.66. The van der Waals surface area contributed by atoms with Gasteiger partial charge in [0.1, 0.15) is 5.75 Å². The van der Waals surface area contributed by atoms with E-state index in [1.54, 1.807) is 18.5 Å². The van der Waals surface area contributed by atoms with Crippen LogP contribution in [0, 0.1) is 0 Å². The number of hydrogen-bond donors (Lipinski definition) is 1. The van der Waals surface area contributed by atoms with E-state index in [4.69, 9.17) is 22.1 Å². The lowest BCUT2D eigenvalue weighted by Crippen LogP contribution is -2.05. The van der Waals surface area contributed by atoms with Crippen LogP contribution >= 0.6 is 11.6 Å². The number of rotatable bonds is 5. The number of benzene rings is 1. The van der Waals surface area contributed by atoms with Gasteiger partial charge in [0, 0.05) is 35.9 Å². The molecule has 0 atom stereocenters. The fraction of sp³-hybridized carbons (Fsp3) is 0.214. The van der Waals surface area contributed by atoms with Crippen LogP contribution in [0.25, 0.3) is 0 Å². The lowest BCUT2D eigenvalue weighted by Gasteiger charge is -2.10. The van der Waals surface area contributed by atoms with Crippen LogP contribution in [0.15, 0.2) is 42.7 Å². The number of ether oxygens (including phenoxy) is 1. The summed E-state index contributed by atoms with van der Waals surface area (Å²) in [5.41, 5.74) is 7.81. The van der Waals surface area contributed by atoms with E-state index < -0.39 is 0 Å². The molecule has 0 aliphatic carbocycles. The summed E-state index contributed by atoms with van der Waals surface area (Å²) in [7, 11) is 0. The first kappa shape index (κ1) is 12.9. The molecule has 0 aliphatic rings. The first-order chi connectivity index (χ1) is 8.79. The second kappa shape index (κ2) is 6.38. The molecule has 2 aromatic rings. The van der Waals surface area contributed by atoms with Crippen molar-refractivity contribution in [3.8, 4) is 5.75 Å². The Bertz CT molecular complexity index is 502. The van der Waals surface area contributed by atoms with Gasteiger partial charge in [0.25, 0.3) is 0 Å². The molecule has 0 unspecified atom stereocenters. The van der Waals surface area contributed by atoms with Crippen LogP contribution in [-0.4, -0.2) is 11.6 Å². The Morgan fingerprint density at radius 2 is 1.94 bits per heavy atom. The Labute approximate surface area is 112 Å². The molecule has 0 bridgehead atoms. The Morgan fingerprint density at radius 3 is 2.67 bits per heavy atom. The van der Waals surface area contributed by atoms with Gasteiger partial charge in [-0.25, -0.2) is 0 Å². The van der Waals surface area contributed by atoms with E-state index in [1.165, 1.54) is 5.56 Å². The second-order valence-electron chi connectivity index (χ2n) is 3.91. The lowest BCUT2D eigenvalue weighted by atomic mass is 10.2. The molecule has 2 N–H and O–H groups in total. The van der Waals surface area contributed by atoms with Gasteiger partial charge in [-0.05, 0) is 29.8 Å². The molecule has 4 heteroatoms. The summed E-state index contributed by atoms with van der Waals surface area (Å²) in [5.74, 6) is 0.763. The van der Waals surface area contributed by atoms with Crippen molar-refractivity contribution in [1.82, 2.24) is 4.98 Å². The van der Waals surface area contributed by atoms with Crippen LogP contribution in [0.3, 0.4) is 0 Å². The summed E-state index contributed by atoms with van der Waals surface area (Å²) >= 11 is 5.94. The van der Waals surface area contributed by atoms with E-state index in [-0.39, 0.29) is 0 Å². The van der Waals surface area contributed by atoms with E-state index in [9.17, 15) is 0 Å². The predicted octanol–water partition coefficient (Wildman–Crippen LogP) is 2.82. The largest absolute Gasteiger partial charge is 0.493 e.